The van der Waals surface area contributed by atoms with Crippen LogP contribution in [0, 0.1) is 16.1 Å². The number of imidazole rings is 1. The summed E-state index contributed by atoms with van der Waals surface area (Å²) in [7, 11) is 1.62. The summed E-state index contributed by atoms with van der Waals surface area (Å²) < 4.78 is 8.66. The molecule has 104 valence electrons. The summed E-state index contributed by atoms with van der Waals surface area (Å²) in [5.41, 5.74) is 3.22. The first-order chi connectivity index (χ1) is 10.1. The van der Waals surface area contributed by atoms with Gasteiger partial charge in [-0.2, -0.15) is 5.26 Å². The van der Waals surface area contributed by atoms with Gasteiger partial charge in [0.1, 0.15) is 5.75 Å². The van der Waals surface area contributed by atoms with Crippen molar-refractivity contribution in [3.8, 4) is 17.5 Å². The molecule has 1 N–H and O–H groups in total. The molecular formula is C15H10BrN3OS. The van der Waals surface area contributed by atoms with Crippen molar-refractivity contribution in [2.24, 2.45) is 0 Å². The van der Waals surface area contributed by atoms with Crippen molar-refractivity contribution in [3.05, 3.63) is 51.2 Å². The number of nitrogens with zero attached hydrogens (tertiary/aromatic N) is 2. The maximum Gasteiger partial charge on any atom is 0.182 e. The summed E-state index contributed by atoms with van der Waals surface area (Å²) in [6.07, 6.45) is 0. The maximum atomic E-state index is 9.06. The number of nitriles is 1. The third-order valence-electron chi connectivity index (χ3n) is 3.21. The van der Waals surface area contributed by atoms with Gasteiger partial charge in [-0.05, 0) is 58.5 Å². The minimum atomic E-state index is 0.574. The molecule has 0 aliphatic heterocycles. The van der Waals surface area contributed by atoms with Crippen LogP contribution in [0.25, 0.3) is 16.7 Å². The summed E-state index contributed by atoms with van der Waals surface area (Å²) in [5.74, 6) is 0.722. The first-order valence-corrected chi connectivity index (χ1v) is 7.33. The highest BCUT2D eigenvalue weighted by molar-refractivity contribution is 9.10. The molecule has 0 fully saturated rings. The van der Waals surface area contributed by atoms with Crippen molar-refractivity contribution in [1.82, 2.24) is 9.55 Å². The number of hydrogen-bond donors (Lipinski definition) is 1. The molecule has 0 bridgehead atoms. The van der Waals surface area contributed by atoms with Gasteiger partial charge in [0.05, 0.1) is 39.9 Å². The molecule has 1 heterocycles. The van der Waals surface area contributed by atoms with Crippen LogP contribution in [-0.4, -0.2) is 16.7 Å². The Morgan fingerprint density at radius 3 is 2.81 bits per heavy atom. The van der Waals surface area contributed by atoms with Crippen molar-refractivity contribution in [1.29, 1.82) is 5.26 Å². The Bertz CT molecular complexity index is 936. The fraction of sp³-hybridized carbons (Fsp3) is 0.0667. The Morgan fingerprint density at radius 1 is 1.29 bits per heavy atom. The Morgan fingerprint density at radius 2 is 2.10 bits per heavy atom. The number of aromatic nitrogens is 2. The van der Waals surface area contributed by atoms with E-state index >= 15 is 0 Å². The van der Waals surface area contributed by atoms with Crippen LogP contribution in [0.3, 0.4) is 0 Å². The minimum Gasteiger partial charge on any atom is -0.495 e. The average molecular weight is 360 g/mol. The lowest BCUT2D eigenvalue weighted by molar-refractivity contribution is 0.412. The first-order valence-electron chi connectivity index (χ1n) is 6.13. The number of benzene rings is 2. The van der Waals surface area contributed by atoms with Gasteiger partial charge in [-0.15, -0.1) is 0 Å². The lowest BCUT2D eigenvalue weighted by Gasteiger charge is -2.08. The number of halogens is 1. The maximum absolute atomic E-state index is 9.06. The SMILES string of the molecule is COc1cc(-n2c(=S)[nH]c3ccc(C#N)cc32)ccc1Br. The van der Waals surface area contributed by atoms with Gasteiger partial charge in [0.25, 0.3) is 0 Å². The predicted octanol–water partition coefficient (Wildman–Crippen LogP) is 4.33. The van der Waals surface area contributed by atoms with Crippen LogP contribution in [0.4, 0.5) is 0 Å². The molecule has 0 spiro atoms. The second-order valence-corrected chi connectivity index (χ2v) is 5.67. The number of rotatable bonds is 2. The zero-order valence-corrected chi connectivity index (χ0v) is 13.5. The summed E-state index contributed by atoms with van der Waals surface area (Å²) in [5, 5.41) is 9.06. The van der Waals surface area contributed by atoms with E-state index in [0.29, 0.717) is 10.3 Å². The van der Waals surface area contributed by atoms with Crippen molar-refractivity contribution in [2.45, 2.75) is 0 Å². The van der Waals surface area contributed by atoms with Gasteiger partial charge >= 0.3 is 0 Å². The lowest BCUT2D eigenvalue weighted by Crippen LogP contribution is -1.95. The normalized spacial score (nSPS) is 10.5. The number of methoxy groups -OCH3 is 1. The number of ether oxygens (including phenoxy) is 1. The van der Waals surface area contributed by atoms with Gasteiger partial charge in [0.15, 0.2) is 4.77 Å². The highest BCUT2D eigenvalue weighted by atomic mass is 79.9. The Labute approximate surface area is 134 Å². The summed E-state index contributed by atoms with van der Waals surface area (Å²) >= 11 is 8.83. The van der Waals surface area contributed by atoms with Crippen molar-refractivity contribution < 1.29 is 4.74 Å². The molecule has 6 heteroatoms. The van der Waals surface area contributed by atoms with Crippen LogP contribution >= 0.6 is 28.1 Å². The van der Waals surface area contributed by atoms with Crippen molar-refractivity contribution >= 4 is 39.2 Å². The number of hydrogen-bond acceptors (Lipinski definition) is 3. The van der Waals surface area contributed by atoms with Crippen LogP contribution in [-0.2, 0) is 0 Å². The topological polar surface area (TPSA) is 53.7 Å². The van der Waals surface area contributed by atoms with Crippen LogP contribution < -0.4 is 4.74 Å². The molecule has 0 aliphatic carbocycles. The smallest absolute Gasteiger partial charge is 0.182 e. The quantitative estimate of drug-likeness (QED) is 0.692. The predicted molar refractivity (Wildman–Crippen MR) is 87.4 cm³/mol. The molecule has 0 atom stereocenters. The number of H-pyrrole nitrogens is 1. The zero-order valence-electron chi connectivity index (χ0n) is 11.1. The first kappa shape index (κ1) is 13.9. The second kappa shape index (κ2) is 5.35. The van der Waals surface area contributed by atoms with E-state index in [1.165, 1.54) is 0 Å². The van der Waals surface area contributed by atoms with Crippen molar-refractivity contribution in [2.75, 3.05) is 7.11 Å². The third kappa shape index (κ3) is 2.35. The highest BCUT2D eigenvalue weighted by Crippen LogP contribution is 2.29. The van der Waals surface area contributed by atoms with Gasteiger partial charge in [-0.1, -0.05) is 0 Å². The van der Waals surface area contributed by atoms with Crippen LogP contribution in [0.1, 0.15) is 5.56 Å². The fourth-order valence-corrected chi connectivity index (χ4v) is 2.94. The summed E-state index contributed by atoms with van der Waals surface area (Å²) in [6.45, 7) is 0. The largest absolute Gasteiger partial charge is 0.495 e. The van der Waals surface area contributed by atoms with Gasteiger partial charge in [-0.3, -0.25) is 4.57 Å². The van der Waals surface area contributed by atoms with Gasteiger partial charge in [0, 0.05) is 6.07 Å². The van der Waals surface area contributed by atoms with E-state index < -0.39 is 0 Å². The van der Waals surface area contributed by atoms with E-state index in [2.05, 4.69) is 27.0 Å². The molecule has 21 heavy (non-hydrogen) atoms. The third-order valence-corrected chi connectivity index (χ3v) is 4.15. The molecule has 4 nitrogen and oxygen atoms in total. The summed E-state index contributed by atoms with van der Waals surface area (Å²) in [4.78, 5) is 3.14. The monoisotopic (exact) mass is 359 g/mol. The van der Waals surface area contributed by atoms with E-state index in [1.807, 2.05) is 34.9 Å². The Balaban J connectivity index is 2.32. The van der Waals surface area contributed by atoms with E-state index in [-0.39, 0.29) is 0 Å². The molecule has 3 rings (SSSR count). The molecule has 2 aromatic carbocycles. The summed E-state index contributed by atoms with van der Waals surface area (Å²) in [6, 6.07) is 13.3. The standard InChI is InChI=1S/C15H10BrN3OS/c1-20-14-7-10(3-4-11(14)16)19-13-6-9(8-17)2-5-12(13)18-15(19)21/h2-7H,1H3,(H,18,21). The van der Waals surface area contributed by atoms with Gasteiger partial charge < -0.3 is 9.72 Å². The van der Waals surface area contributed by atoms with E-state index in [1.54, 1.807) is 13.2 Å². The molecule has 0 unspecified atom stereocenters. The Hall–Kier alpha value is -2.10. The zero-order chi connectivity index (χ0) is 15.0. The lowest BCUT2D eigenvalue weighted by atomic mass is 10.2. The van der Waals surface area contributed by atoms with E-state index in [9.17, 15) is 0 Å². The molecule has 0 aliphatic rings. The molecule has 0 radical (unpaired) electrons. The second-order valence-electron chi connectivity index (χ2n) is 4.43. The molecule has 0 saturated heterocycles. The molecule has 3 aromatic rings. The number of fused-ring (bicyclic) bond motifs is 1. The molecular weight excluding hydrogens is 350 g/mol. The Kier molecular flexibility index (Phi) is 3.53. The number of nitrogens with one attached hydrogen (secondary N) is 1. The molecule has 0 saturated carbocycles. The van der Waals surface area contributed by atoms with E-state index in [0.717, 1.165) is 26.9 Å². The van der Waals surface area contributed by atoms with E-state index in [4.69, 9.17) is 22.2 Å². The van der Waals surface area contributed by atoms with Gasteiger partial charge in [-0.25, -0.2) is 0 Å². The molecule has 1 aromatic heterocycles. The average Bonchev–Trinajstić information content (AvgIpc) is 2.82. The molecule has 0 amide bonds. The van der Waals surface area contributed by atoms with Crippen LogP contribution in [0.15, 0.2) is 40.9 Å². The highest BCUT2D eigenvalue weighted by Gasteiger charge is 2.09. The van der Waals surface area contributed by atoms with Gasteiger partial charge in [0.2, 0.25) is 0 Å². The minimum absolute atomic E-state index is 0.574. The van der Waals surface area contributed by atoms with Crippen molar-refractivity contribution in [3.63, 3.8) is 0 Å². The fourth-order valence-electron chi connectivity index (χ4n) is 2.22. The van der Waals surface area contributed by atoms with Crippen LogP contribution in [0.2, 0.25) is 0 Å². The van der Waals surface area contributed by atoms with Crippen LogP contribution in [0.5, 0.6) is 5.75 Å². The number of aromatic amines is 1.